The van der Waals surface area contributed by atoms with Crippen molar-refractivity contribution >= 4 is 29.3 Å². The van der Waals surface area contributed by atoms with Crippen LogP contribution >= 0.6 is 11.8 Å². The highest BCUT2D eigenvalue weighted by Gasteiger charge is 2.11. The minimum absolute atomic E-state index is 0.110. The molecule has 2 rings (SSSR count). The first-order valence-corrected chi connectivity index (χ1v) is 7.86. The maximum atomic E-state index is 11.8. The Morgan fingerprint density at radius 1 is 1.24 bits per heavy atom. The van der Waals surface area contributed by atoms with E-state index in [9.17, 15) is 9.59 Å². The number of ether oxygens (including phenoxy) is 2. The average Bonchev–Trinajstić information content (AvgIpc) is 2.68. The second-order valence-electron chi connectivity index (χ2n) is 4.53. The van der Waals surface area contributed by atoms with Gasteiger partial charge in [0.15, 0.2) is 11.5 Å². The summed E-state index contributed by atoms with van der Waals surface area (Å²) < 4.78 is 11.1. The van der Waals surface area contributed by atoms with Crippen molar-refractivity contribution in [2.45, 2.75) is 12.8 Å². The van der Waals surface area contributed by atoms with Crippen LogP contribution < -0.4 is 20.5 Å². The summed E-state index contributed by atoms with van der Waals surface area (Å²) in [4.78, 5) is 22.4. The number of rotatable bonds is 6. The quantitative estimate of drug-likeness (QED) is 0.775. The fraction of sp³-hybridized carbons (Fsp3) is 0.429. The molecule has 1 aliphatic rings. The van der Waals surface area contributed by atoms with Gasteiger partial charge in [-0.3, -0.25) is 9.59 Å². The molecule has 7 heteroatoms. The minimum atomic E-state index is -0.372. The first-order chi connectivity index (χ1) is 10.1. The maximum Gasteiger partial charge on any atom is 0.227 e. The van der Waals surface area contributed by atoms with Crippen molar-refractivity contribution in [2.75, 3.05) is 30.0 Å². The molecular weight excluding hydrogens is 292 g/mol. The van der Waals surface area contributed by atoms with Crippen LogP contribution in [-0.2, 0) is 9.59 Å². The van der Waals surface area contributed by atoms with E-state index in [0.717, 1.165) is 6.42 Å². The van der Waals surface area contributed by atoms with Gasteiger partial charge in [0.05, 0.1) is 19.0 Å². The highest BCUT2D eigenvalue weighted by Crippen LogP contribution is 2.32. The second kappa shape index (κ2) is 7.78. The molecule has 1 aromatic carbocycles. The average molecular weight is 310 g/mol. The first-order valence-electron chi connectivity index (χ1n) is 6.71. The molecule has 0 aliphatic carbocycles. The predicted octanol–water partition coefficient (Wildman–Crippen LogP) is 1.39. The summed E-state index contributed by atoms with van der Waals surface area (Å²) >= 11 is 1.35. The van der Waals surface area contributed by atoms with Crippen LogP contribution in [0.3, 0.4) is 0 Å². The van der Waals surface area contributed by atoms with E-state index < -0.39 is 0 Å². The Morgan fingerprint density at radius 3 is 2.76 bits per heavy atom. The molecule has 0 radical (unpaired) electrons. The highest BCUT2D eigenvalue weighted by molar-refractivity contribution is 7.99. The van der Waals surface area contributed by atoms with E-state index in [0.29, 0.717) is 42.6 Å². The van der Waals surface area contributed by atoms with E-state index >= 15 is 0 Å². The lowest BCUT2D eigenvalue weighted by Gasteiger charge is -2.10. The fourth-order valence-electron chi connectivity index (χ4n) is 1.80. The van der Waals surface area contributed by atoms with Crippen LogP contribution in [0.2, 0.25) is 0 Å². The molecule has 0 atom stereocenters. The molecule has 1 aromatic rings. The Labute approximate surface area is 127 Å². The molecule has 21 heavy (non-hydrogen) atoms. The van der Waals surface area contributed by atoms with Crippen LogP contribution in [0.4, 0.5) is 5.69 Å². The van der Waals surface area contributed by atoms with Gasteiger partial charge in [0, 0.05) is 30.3 Å². The van der Waals surface area contributed by atoms with Crippen molar-refractivity contribution < 1.29 is 19.1 Å². The molecule has 1 heterocycles. The van der Waals surface area contributed by atoms with E-state index in [1.165, 1.54) is 11.8 Å². The molecule has 3 N–H and O–H groups in total. The molecule has 6 nitrogen and oxygen atoms in total. The van der Waals surface area contributed by atoms with E-state index in [4.69, 9.17) is 15.2 Å². The molecule has 0 saturated carbocycles. The number of carbonyl (C=O) groups excluding carboxylic acids is 2. The van der Waals surface area contributed by atoms with Crippen LogP contribution in [0.25, 0.3) is 0 Å². The normalized spacial score (nSPS) is 13.3. The number of hydrogen-bond acceptors (Lipinski definition) is 5. The monoisotopic (exact) mass is 310 g/mol. The molecule has 0 spiro atoms. The summed E-state index contributed by atoms with van der Waals surface area (Å²) in [7, 11) is 0. The Balaban J connectivity index is 1.83. The zero-order chi connectivity index (χ0) is 15.1. The molecular formula is C14H18N2O4S. The zero-order valence-corrected chi connectivity index (χ0v) is 12.4. The molecule has 0 unspecified atom stereocenters. The number of carbonyl (C=O) groups is 2. The van der Waals surface area contributed by atoms with Crippen molar-refractivity contribution in [1.82, 2.24) is 0 Å². The van der Waals surface area contributed by atoms with Crippen LogP contribution in [-0.4, -0.2) is 36.5 Å². The van der Waals surface area contributed by atoms with E-state index in [1.54, 1.807) is 18.2 Å². The topological polar surface area (TPSA) is 90.7 Å². The number of nitrogens with one attached hydrogen (secondary N) is 1. The molecule has 1 aliphatic heterocycles. The van der Waals surface area contributed by atoms with Crippen LogP contribution in [0.5, 0.6) is 11.5 Å². The summed E-state index contributed by atoms with van der Waals surface area (Å²) in [6.45, 7) is 1.24. The van der Waals surface area contributed by atoms with Gasteiger partial charge >= 0.3 is 0 Å². The summed E-state index contributed by atoms with van der Waals surface area (Å²) in [5, 5.41) is 2.80. The molecule has 0 aromatic heterocycles. The number of fused-ring (bicyclic) bond motifs is 1. The van der Waals surface area contributed by atoms with Crippen LogP contribution in [0.1, 0.15) is 12.8 Å². The number of benzene rings is 1. The lowest BCUT2D eigenvalue weighted by atomic mass is 10.2. The number of thioether (sulfide) groups is 1. The smallest absolute Gasteiger partial charge is 0.227 e. The molecule has 0 saturated heterocycles. The van der Waals surface area contributed by atoms with Crippen molar-refractivity contribution in [3.8, 4) is 11.5 Å². The van der Waals surface area contributed by atoms with E-state index in [1.807, 2.05) is 0 Å². The first kappa shape index (κ1) is 15.5. The van der Waals surface area contributed by atoms with Gasteiger partial charge < -0.3 is 20.5 Å². The Hall–Kier alpha value is -1.89. The van der Waals surface area contributed by atoms with Gasteiger partial charge in [-0.25, -0.2) is 0 Å². The van der Waals surface area contributed by atoms with Crippen LogP contribution in [0.15, 0.2) is 18.2 Å². The van der Waals surface area contributed by atoms with Crippen molar-refractivity contribution in [3.05, 3.63) is 18.2 Å². The standard InChI is InChI=1S/C14H18N2O4S/c15-13(17)9-21-7-4-14(18)16-10-2-3-11-12(8-10)20-6-1-5-19-11/h2-3,8H,1,4-7,9H2,(H2,15,17)(H,16,18). The molecule has 2 amide bonds. The number of primary amides is 1. The Kier molecular flexibility index (Phi) is 5.74. The van der Waals surface area contributed by atoms with Gasteiger partial charge in [0.2, 0.25) is 11.8 Å². The summed E-state index contributed by atoms with van der Waals surface area (Å²) in [6.07, 6.45) is 1.17. The summed E-state index contributed by atoms with van der Waals surface area (Å²) in [5.41, 5.74) is 5.69. The van der Waals surface area contributed by atoms with Crippen LogP contribution in [0, 0.1) is 0 Å². The predicted molar refractivity (Wildman–Crippen MR) is 81.8 cm³/mol. The Morgan fingerprint density at radius 2 is 2.00 bits per heavy atom. The zero-order valence-electron chi connectivity index (χ0n) is 11.6. The van der Waals surface area contributed by atoms with Crippen molar-refractivity contribution in [2.24, 2.45) is 5.73 Å². The number of hydrogen-bond donors (Lipinski definition) is 2. The maximum absolute atomic E-state index is 11.8. The summed E-state index contributed by atoms with van der Waals surface area (Å²) in [6, 6.07) is 5.33. The van der Waals surface area contributed by atoms with Gasteiger partial charge in [-0.15, -0.1) is 0 Å². The van der Waals surface area contributed by atoms with Gasteiger partial charge in [0.1, 0.15) is 0 Å². The number of amides is 2. The molecule has 114 valence electrons. The summed E-state index contributed by atoms with van der Waals surface area (Å²) in [5.74, 6) is 1.65. The van der Waals surface area contributed by atoms with Gasteiger partial charge in [0.25, 0.3) is 0 Å². The van der Waals surface area contributed by atoms with Crippen molar-refractivity contribution in [3.63, 3.8) is 0 Å². The minimum Gasteiger partial charge on any atom is -0.490 e. The number of nitrogens with two attached hydrogens (primary N) is 1. The largest absolute Gasteiger partial charge is 0.490 e. The fourth-order valence-corrected chi connectivity index (χ4v) is 2.48. The lowest BCUT2D eigenvalue weighted by Crippen LogP contribution is -2.15. The van der Waals surface area contributed by atoms with Gasteiger partial charge in [-0.2, -0.15) is 11.8 Å². The third-order valence-electron chi connectivity index (χ3n) is 2.75. The van der Waals surface area contributed by atoms with Gasteiger partial charge in [-0.1, -0.05) is 0 Å². The lowest BCUT2D eigenvalue weighted by molar-refractivity contribution is -0.116. The SMILES string of the molecule is NC(=O)CSCCC(=O)Nc1ccc2c(c1)OCCCO2. The third-order valence-corrected chi connectivity index (χ3v) is 3.73. The Bertz CT molecular complexity index is 522. The molecule has 0 bridgehead atoms. The van der Waals surface area contributed by atoms with E-state index in [2.05, 4.69) is 5.32 Å². The highest BCUT2D eigenvalue weighted by atomic mass is 32.2. The van der Waals surface area contributed by atoms with E-state index in [-0.39, 0.29) is 17.6 Å². The van der Waals surface area contributed by atoms with Gasteiger partial charge in [-0.05, 0) is 12.1 Å². The third kappa shape index (κ3) is 5.18. The van der Waals surface area contributed by atoms with Crippen molar-refractivity contribution in [1.29, 1.82) is 0 Å². The number of anilines is 1. The molecule has 0 fully saturated rings. The second-order valence-corrected chi connectivity index (χ2v) is 5.63.